The van der Waals surface area contributed by atoms with Crippen molar-refractivity contribution in [3.63, 3.8) is 0 Å². The molecule has 2 aromatic heterocycles. The Balaban J connectivity index is 1.96. The molecule has 0 aliphatic carbocycles. The van der Waals surface area contributed by atoms with Gasteiger partial charge in [0.2, 0.25) is 5.95 Å². The molecule has 1 aromatic carbocycles. The van der Waals surface area contributed by atoms with Crippen molar-refractivity contribution in [2.75, 3.05) is 16.2 Å². The molecule has 3 N–H and O–H groups in total. The van der Waals surface area contributed by atoms with Crippen LogP contribution in [-0.4, -0.2) is 20.5 Å². The lowest BCUT2D eigenvalue weighted by molar-refractivity contribution is 0.459. The largest absolute Gasteiger partial charge is 0.350 e. The number of rotatable bonds is 5. The minimum Gasteiger partial charge on any atom is -0.350 e. The monoisotopic (exact) mass is 406 g/mol. The summed E-state index contributed by atoms with van der Waals surface area (Å²) in [6.45, 7) is 5.70. The SMILES string of the molecule is CC(C)(C)Nc1nc(NNc2c(F)c(F)cc(F)c2F)cc(-c2cccnc2)n1. The normalized spacial score (nSPS) is 11.3. The predicted molar refractivity (Wildman–Crippen MR) is 102 cm³/mol. The first-order chi connectivity index (χ1) is 13.6. The lowest BCUT2D eigenvalue weighted by Crippen LogP contribution is -2.27. The van der Waals surface area contributed by atoms with Gasteiger partial charge in [0.15, 0.2) is 29.1 Å². The van der Waals surface area contributed by atoms with E-state index in [0.29, 0.717) is 11.3 Å². The second-order valence-corrected chi connectivity index (χ2v) is 7.17. The summed E-state index contributed by atoms with van der Waals surface area (Å²) in [7, 11) is 0. The van der Waals surface area contributed by atoms with Gasteiger partial charge in [0, 0.05) is 35.6 Å². The van der Waals surface area contributed by atoms with Crippen molar-refractivity contribution in [1.82, 2.24) is 15.0 Å². The highest BCUT2D eigenvalue weighted by Gasteiger charge is 2.20. The van der Waals surface area contributed by atoms with E-state index in [-0.39, 0.29) is 23.4 Å². The molecular weight excluding hydrogens is 388 g/mol. The van der Waals surface area contributed by atoms with Crippen molar-refractivity contribution >= 4 is 17.5 Å². The third-order valence-electron chi connectivity index (χ3n) is 3.60. The Labute approximate surface area is 164 Å². The first-order valence-electron chi connectivity index (χ1n) is 8.57. The van der Waals surface area contributed by atoms with Crippen molar-refractivity contribution in [1.29, 1.82) is 0 Å². The highest BCUT2D eigenvalue weighted by molar-refractivity contribution is 5.64. The summed E-state index contributed by atoms with van der Waals surface area (Å²) in [6, 6.07) is 5.12. The molecule has 0 spiro atoms. The van der Waals surface area contributed by atoms with Gasteiger partial charge in [0.1, 0.15) is 5.69 Å². The van der Waals surface area contributed by atoms with Crippen molar-refractivity contribution < 1.29 is 17.6 Å². The molecule has 29 heavy (non-hydrogen) atoms. The average Bonchev–Trinajstić information content (AvgIpc) is 2.65. The van der Waals surface area contributed by atoms with E-state index in [4.69, 9.17) is 0 Å². The molecule has 0 saturated heterocycles. The van der Waals surface area contributed by atoms with Gasteiger partial charge in [-0.15, -0.1) is 0 Å². The molecular formula is C19H18F4N6. The van der Waals surface area contributed by atoms with Gasteiger partial charge in [-0.05, 0) is 32.9 Å². The number of nitrogens with one attached hydrogen (secondary N) is 3. The molecule has 2 heterocycles. The Morgan fingerprint density at radius 1 is 0.897 bits per heavy atom. The molecule has 0 aliphatic heterocycles. The minimum absolute atomic E-state index is 0.106. The number of hydrogen-bond donors (Lipinski definition) is 3. The van der Waals surface area contributed by atoms with Gasteiger partial charge in [-0.1, -0.05) is 0 Å². The topological polar surface area (TPSA) is 74.8 Å². The quantitative estimate of drug-likeness (QED) is 0.323. The molecule has 6 nitrogen and oxygen atoms in total. The van der Waals surface area contributed by atoms with Gasteiger partial charge < -0.3 is 5.32 Å². The van der Waals surface area contributed by atoms with Gasteiger partial charge >= 0.3 is 0 Å². The molecule has 0 unspecified atom stereocenters. The summed E-state index contributed by atoms with van der Waals surface area (Å²) in [4.78, 5) is 12.7. The standard InChI is InChI=1S/C19H18F4N6/c1-19(2,3)27-18-25-13(10-5-4-6-24-9-10)8-14(26-18)28-29-17-15(22)11(20)7-12(21)16(17)23/h4-9,29H,1-3H3,(H2,25,26,27,28). The van der Waals surface area contributed by atoms with E-state index < -0.39 is 29.0 Å². The van der Waals surface area contributed by atoms with Gasteiger partial charge in [0.05, 0.1) is 5.69 Å². The molecule has 0 saturated carbocycles. The summed E-state index contributed by atoms with van der Waals surface area (Å²) in [5.74, 6) is -5.84. The van der Waals surface area contributed by atoms with Crippen LogP contribution in [0.2, 0.25) is 0 Å². The second-order valence-electron chi connectivity index (χ2n) is 7.17. The van der Waals surface area contributed by atoms with Crippen molar-refractivity contribution in [2.24, 2.45) is 0 Å². The maximum absolute atomic E-state index is 13.9. The molecule has 3 aromatic rings. The number of benzene rings is 1. The Hall–Kier alpha value is -3.43. The molecule has 152 valence electrons. The number of aromatic nitrogens is 3. The van der Waals surface area contributed by atoms with Crippen LogP contribution in [0.15, 0.2) is 36.7 Å². The first-order valence-corrected chi connectivity index (χ1v) is 8.57. The minimum atomic E-state index is -1.56. The molecule has 0 aliphatic rings. The van der Waals surface area contributed by atoms with E-state index in [1.165, 1.54) is 6.07 Å². The van der Waals surface area contributed by atoms with Crippen molar-refractivity contribution in [2.45, 2.75) is 26.3 Å². The molecule has 3 rings (SSSR count). The second kappa shape index (κ2) is 7.90. The summed E-state index contributed by atoms with van der Waals surface area (Å²) < 4.78 is 54.5. The number of halogens is 4. The number of nitrogens with zero attached hydrogens (tertiary/aromatic N) is 3. The summed E-state index contributed by atoms with van der Waals surface area (Å²) in [5.41, 5.74) is 4.35. The summed E-state index contributed by atoms with van der Waals surface area (Å²) in [5, 5.41) is 3.09. The van der Waals surface area contributed by atoms with E-state index in [1.807, 2.05) is 20.8 Å². The van der Waals surface area contributed by atoms with Crippen LogP contribution in [0.3, 0.4) is 0 Å². The number of hydrogen-bond acceptors (Lipinski definition) is 6. The lowest BCUT2D eigenvalue weighted by Gasteiger charge is -2.21. The van der Waals surface area contributed by atoms with Crippen LogP contribution in [0.25, 0.3) is 11.3 Å². The molecule has 0 radical (unpaired) electrons. The smallest absolute Gasteiger partial charge is 0.225 e. The van der Waals surface area contributed by atoms with E-state index in [0.717, 1.165) is 0 Å². The Bertz CT molecular complexity index is 995. The number of pyridine rings is 1. The average molecular weight is 406 g/mol. The fourth-order valence-corrected chi connectivity index (χ4v) is 2.37. The lowest BCUT2D eigenvalue weighted by atomic mass is 10.1. The zero-order chi connectivity index (χ0) is 21.2. The molecule has 0 fully saturated rings. The molecule has 0 atom stereocenters. The zero-order valence-electron chi connectivity index (χ0n) is 15.8. The van der Waals surface area contributed by atoms with Crippen LogP contribution in [-0.2, 0) is 0 Å². The Morgan fingerprint density at radius 3 is 2.17 bits per heavy atom. The Morgan fingerprint density at radius 2 is 1.59 bits per heavy atom. The van der Waals surface area contributed by atoms with Gasteiger partial charge in [-0.25, -0.2) is 22.5 Å². The third kappa shape index (κ3) is 4.89. The third-order valence-corrected chi connectivity index (χ3v) is 3.60. The molecule has 0 amide bonds. The van der Waals surface area contributed by atoms with Crippen molar-refractivity contribution in [3.05, 3.63) is 59.9 Å². The molecule has 10 heteroatoms. The van der Waals surface area contributed by atoms with Gasteiger partial charge in [-0.2, -0.15) is 4.98 Å². The van der Waals surface area contributed by atoms with Gasteiger partial charge in [0.25, 0.3) is 0 Å². The van der Waals surface area contributed by atoms with E-state index in [1.54, 1.807) is 24.5 Å². The maximum atomic E-state index is 13.9. The zero-order valence-corrected chi connectivity index (χ0v) is 15.8. The van der Waals surface area contributed by atoms with Gasteiger partial charge in [-0.3, -0.25) is 15.8 Å². The van der Waals surface area contributed by atoms with Crippen molar-refractivity contribution in [3.8, 4) is 11.3 Å². The maximum Gasteiger partial charge on any atom is 0.225 e. The van der Waals surface area contributed by atoms with Crippen LogP contribution in [0.4, 0.5) is 35.0 Å². The highest BCUT2D eigenvalue weighted by Crippen LogP contribution is 2.26. The highest BCUT2D eigenvalue weighted by atomic mass is 19.2. The predicted octanol–water partition coefficient (Wildman–Crippen LogP) is 4.74. The van der Waals surface area contributed by atoms with E-state index in [9.17, 15) is 17.6 Å². The fraction of sp³-hybridized carbons (Fsp3) is 0.211. The molecule has 0 bridgehead atoms. The summed E-state index contributed by atoms with van der Waals surface area (Å²) >= 11 is 0. The number of hydrazine groups is 1. The first kappa shape index (κ1) is 20.3. The Kier molecular flexibility index (Phi) is 5.53. The fourth-order valence-electron chi connectivity index (χ4n) is 2.37. The van der Waals surface area contributed by atoms with Crippen LogP contribution in [0.5, 0.6) is 0 Å². The van der Waals surface area contributed by atoms with E-state index in [2.05, 4.69) is 31.1 Å². The number of anilines is 3. The van der Waals surface area contributed by atoms with E-state index >= 15 is 0 Å². The van der Waals surface area contributed by atoms with Crippen LogP contribution < -0.4 is 16.2 Å². The van der Waals surface area contributed by atoms with Crippen LogP contribution >= 0.6 is 0 Å². The summed E-state index contributed by atoms with van der Waals surface area (Å²) in [6.07, 6.45) is 3.19. The van der Waals surface area contributed by atoms with Crippen LogP contribution in [0, 0.1) is 23.3 Å². The van der Waals surface area contributed by atoms with Crippen LogP contribution in [0.1, 0.15) is 20.8 Å².